The first-order chi connectivity index (χ1) is 17.0. The molecule has 0 spiro atoms. The predicted molar refractivity (Wildman–Crippen MR) is 132 cm³/mol. The molecule has 2 N–H and O–H groups in total. The fraction of sp³-hybridized carbons (Fsp3) is 0.407. The Balaban J connectivity index is 1.95. The van der Waals surface area contributed by atoms with Crippen LogP contribution in [0.3, 0.4) is 0 Å². The van der Waals surface area contributed by atoms with E-state index < -0.39 is 41.6 Å². The van der Waals surface area contributed by atoms with E-state index in [0.717, 1.165) is 11.1 Å². The first kappa shape index (κ1) is 28.4. The Bertz CT molecular complexity index is 1000. The van der Waals surface area contributed by atoms with E-state index in [1.165, 1.54) is 6.92 Å². The van der Waals surface area contributed by atoms with Gasteiger partial charge in [0, 0.05) is 6.42 Å². The number of urea groups is 1. The van der Waals surface area contributed by atoms with Gasteiger partial charge in [-0.1, -0.05) is 60.7 Å². The van der Waals surface area contributed by atoms with Gasteiger partial charge in [0.05, 0.1) is 0 Å². The van der Waals surface area contributed by atoms with E-state index in [4.69, 9.17) is 14.2 Å². The summed E-state index contributed by atoms with van der Waals surface area (Å²) >= 11 is 0. The lowest BCUT2D eigenvalue weighted by Crippen LogP contribution is -2.51. The number of hydrogen-bond acceptors (Lipinski definition) is 7. The highest BCUT2D eigenvalue weighted by Gasteiger charge is 2.27. The molecule has 0 radical (unpaired) electrons. The second-order valence-electron chi connectivity index (χ2n) is 9.20. The van der Waals surface area contributed by atoms with Crippen LogP contribution in [-0.4, -0.2) is 41.6 Å². The molecule has 0 aromatic heterocycles. The average molecular weight is 499 g/mol. The summed E-state index contributed by atoms with van der Waals surface area (Å²) in [5.41, 5.74) is 0.890. The van der Waals surface area contributed by atoms with Crippen molar-refractivity contribution in [2.75, 3.05) is 0 Å². The number of carbonyl (C=O) groups is 4. The highest BCUT2D eigenvalue weighted by molar-refractivity contribution is 5.87. The molecule has 0 aliphatic rings. The fourth-order valence-electron chi connectivity index (χ4n) is 3.00. The van der Waals surface area contributed by atoms with Gasteiger partial charge in [-0.25, -0.2) is 14.4 Å². The molecule has 1 unspecified atom stereocenters. The van der Waals surface area contributed by atoms with Crippen LogP contribution in [0.2, 0.25) is 0 Å². The molecule has 0 saturated carbocycles. The van der Waals surface area contributed by atoms with Gasteiger partial charge in [-0.15, -0.1) is 0 Å². The zero-order valence-electron chi connectivity index (χ0n) is 21.1. The summed E-state index contributed by atoms with van der Waals surface area (Å²) in [5.74, 6) is -1.86. The lowest BCUT2D eigenvalue weighted by molar-refractivity contribution is -0.156. The smallest absolute Gasteiger partial charge is 0.329 e. The Labute approximate surface area is 211 Å². The molecule has 2 aromatic rings. The van der Waals surface area contributed by atoms with Crippen LogP contribution in [0.5, 0.6) is 0 Å². The Morgan fingerprint density at radius 2 is 1.31 bits per heavy atom. The van der Waals surface area contributed by atoms with Crippen LogP contribution < -0.4 is 10.6 Å². The highest BCUT2D eigenvalue weighted by atomic mass is 16.6. The van der Waals surface area contributed by atoms with Gasteiger partial charge in [-0.05, 0) is 45.2 Å². The normalized spacial score (nSPS) is 12.6. The van der Waals surface area contributed by atoms with Crippen molar-refractivity contribution in [1.82, 2.24) is 10.6 Å². The number of esters is 3. The monoisotopic (exact) mass is 498 g/mol. The van der Waals surface area contributed by atoms with Crippen LogP contribution in [0.1, 0.15) is 51.7 Å². The number of amides is 2. The third kappa shape index (κ3) is 11.0. The maximum atomic E-state index is 12.7. The van der Waals surface area contributed by atoms with Gasteiger partial charge >= 0.3 is 23.9 Å². The Kier molecular flexibility index (Phi) is 10.9. The summed E-state index contributed by atoms with van der Waals surface area (Å²) in [6.07, 6.45) is -0.171. The number of benzene rings is 2. The molecule has 2 atom stereocenters. The molecule has 0 aliphatic carbocycles. The molecule has 9 nitrogen and oxygen atoms in total. The van der Waals surface area contributed by atoms with Crippen molar-refractivity contribution in [3.8, 4) is 0 Å². The first-order valence-corrected chi connectivity index (χ1v) is 11.7. The number of hydrogen-bond donors (Lipinski definition) is 2. The summed E-state index contributed by atoms with van der Waals surface area (Å²) in [6, 6.07) is 15.4. The molecule has 9 heteroatoms. The van der Waals surface area contributed by atoms with Gasteiger partial charge in [0.1, 0.15) is 30.9 Å². The van der Waals surface area contributed by atoms with Crippen LogP contribution in [0.4, 0.5) is 4.79 Å². The van der Waals surface area contributed by atoms with Crippen molar-refractivity contribution in [3.05, 3.63) is 71.8 Å². The number of carbonyl (C=O) groups excluding carboxylic acids is 4. The van der Waals surface area contributed by atoms with E-state index >= 15 is 0 Å². The summed E-state index contributed by atoms with van der Waals surface area (Å²) in [4.78, 5) is 49.7. The third-order valence-corrected chi connectivity index (χ3v) is 4.80. The number of ether oxygens (including phenoxy) is 3. The van der Waals surface area contributed by atoms with Gasteiger partial charge in [0.25, 0.3) is 0 Å². The van der Waals surface area contributed by atoms with E-state index in [2.05, 4.69) is 10.6 Å². The Morgan fingerprint density at radius 1 is 0.778 bits per heavy atom. The third-order valence-electron chi connectivity index (χ3n) is 4.80. The number of rotatable bonds is 11. The maximum absolute atomic E-state index is 12.7. The minimum atomic E-state index is -1.14. The van der Waals surface area contributed by atoms with Crippen molar-refractivity contribution >= 4 is 23.9 Å². The first-order valence-electron chi connectivity index (χ1n) is 11.7. The minimum Gasteiger partial charge on any atom is -0.461 e. The van der Waals surface area contributed by atoms with Crippen LogP contribution in [-0.2, 0) is 41.8 Å². The second kappa shape index (κ2) is 13.9. The summed E-state index contributed by atoms with van der Waals surface area (Å²) in [7, 11) is 0. The summed E-state index contributed by atoms with van der Waals surface area (Å²) in [6.45, 7) is 6.72. The topological polar surface area (TPSA) is 120 Å². The molecule has 0 fully saturated rings. The predicted octanol–water partition coefficient (Wildman–Crippen LogP) is 3.65. The van der Waals surface area contributed by atoms with E-state index in [0.29, 0.717) is 0 Å². The summed E-state index contributed by atoms with van der Waals surface area (Å²) in [5, 5.41) is 4.94. The van der Waals surface area contributed by atoms with Gasteiger partial charge in [0.2, 0.25) is 0 Å². The molecule has 0 saturated heterocycles. The van der Waals surface area contributed by atoms with Crippen molar-refractivity contribution in [2.45, 2.75) is 71.4 Å². The Hall–Kier alpha value is -3.88. The van der Waals surface area contributed by atoms with E-state index in [1.54, 1.807) is 32.9 Å². The van der Waals surface area contributed by atoms with Gasteiger partial charge < -0.3 is 24.8 Å². The maximum Gasteiger partial charge on any atom is 0.329 e. The molecule has 2 rings (SSSR count). The lowest BCUT2D eigenvalue weighted by Gasteiger charge is -2.23. The van der Waals surface area contributed by atoms with Gasteiger partial charge in [-0.3, -0.25) is 4.79 Å². The molecule has 0 heterocycles. The van der Waals surface area contributed by atoms with Crippen LogP contribution >= 0.6 is 0 Å². The molecular formula is C27H34N2O7. The Morgan fingerprint density at radius 3 is 1.83 bits per heavy atom. The SMILES string of the molecule is CC(NC(=O)N[C@@H](CCC(=O)OCc1ccccc1)C(=O)OCc1ccccc1)C(=O)OC(C)(C)C. The highest BCUT2D eigenvalue weighted by Crippen LogP contribution is 2.10. The quantitative estimate of drug-likeness (QED) is 0.358. The zero-order valence-corrected chi connectivity index (χ0v) is 21.1. The largest absolute Gasteiger partial charge is 0.461 e. The van der Waals surface area contributed by atoms with Gasteiger partial charge in [-0.2, -0.15) is 0 Å². The molecule has 2 amide bonds. The van der Waals surface area contributed by atoms with Crippen molar-refractivity contribution in [2.24, 2.45) is 0 Å². The minimum absolute atomic E-state index is 0.00619. The molecule has 2 aromatic carbocycles. The molecule has 36 heavy (non-hydrogen) atoms. The van der Waals surface area contributed by atoms with E-state index in [9.17, 15) is 19.2 Å². The van der Waals surface area contributed by atoms with Crippen molar-refractivity contribution in [3.63, 3.8) is 0 Å². The summed E-state index contributed by atoms with van der Waals surface area (Å²) < 4.78 is 15.8. The van der Waals surface area contributed by atoms with E-state index in [-0.39, 0.29) is 26.1 Å². The fourth-order valence-corrected chi connectivity index (χ4v) is 3.00. The second-order valence-corrected chi connectivity index (χ2v) is 9.20. The van der Waals surface area contributed by atoms with E-state index in [1.807, 2.05) is 48.5 Å². The lowest BCUT2D eigenvalue weighted by atomic mass is 10.1. The average Bonchev–Trinajstić information content (AvgIpc) is 2.84. The van der Waals surface area contributed by atoms with Crippen LogP contribution in [0.25, 0.3) is 0 Å². The molecule has 0 aliphatic heterocycles. The molecule has 0 bridgehead atoms. The zero-order chi connectivity index (χ0) is 26.6. The standard InChI is InChI=1S/C27H34N2O7/c1-19(24(31)36-27(2,3)4)28-26(33)29-22(25(32)35-18-21-13-9-6-10-14-21)15-16-23(30)34-17-20-11-7-5-8-12-20/h5-14,19,22H,15-18H2,1-4H3,(H2,28,29,33)/t19?,22-/m0/s1. The van der Waals surface area contributed by atoms with Crippen LogP contribution in [0, 0.1) is 0 Å². The van der Waals surface area contributed by atoms with Gasteiger partial charge in [0.15, 0.2) is 0 Å². The molecule has 194 valence electrons. The van der Waals surface area contributed by atoms with Crippen molar-refractivity contribution < 1.29 is 33.4 Å². The van der Waals surface area contributed by atoms with Crippen LogP contribution in [0.15, 0.2) is 60.7 Å². The molecular weight excluding hydrogens is 464 g/mol. The van der Waals surface area contributed by atoms with Crippen molar-refractivity contribution in [1.29, 1.82) is 0 Å². The number of nitrogens with one attached hydrogen (secondary N) is 2.